The first kappa shape index (κ1) is 25.6. The third-order valence-electron chi connectivity index (χ3n) is 5.26. The Kier molecular flexibility index (Phi) is 8.38. The Morgan fingerprint density at radius 2 is 1.51 bits per heavy atom. The van der Waals surface area contributed by atoms with Gasteiger partial charge in [0.15, 0.2) is 0 Å². The molecule has 0 radical (unpaired) electrons. The number of carbonyl (C=O) groups excluding carboxylic acids is 2. The van der Waals surface area contributed by atoms with Crippen molar-refractivity contribution in [2.45, 2.75) is 20.3 Å². The van der Waals surface area contributed by atoms with Gasteiger partial charge in [-0.05, 0) is 60.9 Å². The van der Waals surface area contributed by atoms with Gasteiger partial charge in [0.25, 0.3) is 11.8 Å². The second kappa shape index (κ2) is 11.4. The van der Waals surface area contributed by atoms with E-state index >= 15 is 0 Å². The molecule has 0 unspecified atom stereocenters. The van der Waals surface area contributed by atoms with E-state index in [-0.39, 0.29) is 5.91 Å². The average Bonchev–Trinajstić information content (AvgIpc) is 2.86. The van der Waals surface area contributed by atoms with E-state index in [0.29, 0.717) is 22.6 Å². The molecule has 35 heavy (non-hydrogen) atoms. The smallest absolute Gasteiger partial charge is 0.260 e. The number of nitrogens with zero attached hydrogens (tertiary/aromatic N) is 2. The number of anilines is 2. The minimum Gasteiger partial charge on any atom is -0.322 e. The van der Waals surface area contributed by atoms with Gasteiger partial charge in [0, 0.05) is 11.3 Å². The van der Waals surface area contributed by atoms with Crippen LogP contribution in [0.2, 0.25) is 0 Å². The summed E-state index contributed by atoms with van der Waals surface area (Å²) in [4.78, 5) is 24.7. The lowest BCUT2D eigenvalue weighted by atomic mass is 10.1. The van der Waals surface area contributed by atoms with Gasteiger partial charge in [0.2, 0.25) is 10.0 Å². The third-order valence-corrected chi connectivity index (χ3v) is 6.41. The van der Waals surface area contributed by atoms with Crippen molar-refractivity contribution in [3.63, 3.8) is 0 Å². The van der Waals surface area contributed by atoms with E-state index in [0.717, 1.165) is 28.1 Å². The summed E-state index contributed by atoms with van der Waals surface area (Å²) in [5.41, 5.74) is 6.33. The fourth-order valence-electron chi connectivity index (χ4n) is 3.26. The lowest BCUT2D eigenvalue weighted by Gasteiger charge is -2.21. The molecule has 0 aliphatic rings. The first-order valence-corrected chi connectivity index (χ1v) is 12.9. The van der Waals surface area contributed by atoms with E-state index in [9.17, 15) is 18.0 Å². The summed E-state index contributed by atoms with van der Waals surface area (Å²) < 4.78 is 25.6. The quantitative estimate of drug-likeness (QED) is 0.350. The van der Waals surface area contributed by atoms with Crippen LogP contribution in [0.15, 0.2) is 84.0 Å². The van der Waals surface area contributed by atoms with E-state index < -0.39 is 22.5 Å². The largest absolute Gasteiger partial charge is 0.322 e. The molecule has 2 N–H and O–H groups in total. The molecule has 0 aliphatic carbocycles. The predicted molar refractivity (Wildman–Crippen MR) is 139 cm³/mol. The number of hydrogen-bond donors (Lipinski definition) is 2. The highest BCUT2D eigenvalue weighted by Crippen LogP contribution is 2.18. The summed E-state index contributed by atoms with van der Waals surface area (Å²) >= 11 is 0. The Bertz CT molecular complexity index is 1300. The monoisotopic (exact) mass is 492 g/mol. The van der Waals surface area contributed by atoms with E-state index in [4.69, 9.17) is 0 Å². The highest BCUT2D eigenvalue weighted by molar-refractivity contribution is 7.92. The van der Waals surface area contributed by atoms with Crippen LogP contribution in [0.1, 0.15) is 35.3 Å². The van der Waals surface area contributed by atoms with Crippen LogP contribution in [-0.4, -0.2) is 38.7 Å². The Hall–Kier alpha value is -3.98. The molecule has 0 aliphatic heterocycles. The van der Waals surface area contributed by atoms with Crippen LogP contribution >= 0.6 is 0 Å². The van der Waals surface area contributed by atoms with Crippen molar-refractivity contribution in [2.24, 2.45) is 5.10 Å². The fraction of sp³-hybridized carbons (Fsp3) is 0.192. The molecular weight excluding hydrogens is 464 g/mol. The van der Waals surface area contributed by atoms with E-state index in [1.165, 1.54) is 0 Å². The topological polar surface area (TPSA) is 108 Å². The molecule has 0 heterocycles. The number of hydrogen-bond acceptors (Lipinski definition) is 5. The SMILES string of the molecule is CCc1ccc(N(CC(=O)N/N=C(/C)c2ccc(NC(=O)c3ccccc3)cc2)S(C)(=O)=O)cc1. The summed E-state index contributed by atoms with van der Waals surface area (Å²) in [6.07, 6.45) is 1.88. The number of amides is 2. The summed E-state index contributed by atoms with van der Waals surface area (Å²) in [6, 6.07) is 22.9. The lowest BCUT2D eigenvalue weighted by molar-refractivity contribution is -0.119. The van der Waals surface area contributed by atoms with Crippen LogP contribution in [0.5, 0.6) is 0 Å². The van der Waals surface area contributed by atoms with Gasteiger partial charge in [-0.3, -0.25) is 13.9 Å². The van der Waals surface area contributed by atoms with Gasteiger partial charge >= 0.3 is 0 Å². The van der Waals surface area contributed by atoms with Crippen molar-refractivity contribution in [3.05, 3.63) is 95.6 Å². The number of aryl methyl sites for hydroxylation is 1. The molecule has 0 fully saturated rings. The zero-order valence-corrected chi connectivity index (χ0v) is 20.7. The molecule has 8 nitrogen and oxygen atoms in total. The second-order valence-corrected chi connectivity index (χ2v) is 9.83. The molecule has 0 atom stereocenters. The van der Waals surface area contributed by atoms with E-state index in [2.05, 4.69) is 15.8 Å². The minimum absolute atomic E-state index is 0.212. The maximum atomic E-state index is 12.5. The van der Waals surface area contributed by atoms with Gasteiger partial charge in [-0.15, -0.1) is 0 Å². The molecular formula is C26H28N4O4S. The van der Waals surface area contributed by atoms with Crippen molar-refractivity contribution in [1.82, 2.24) is 5.43 Å². The van der Waals surface area contributed by atoms with Crippen LogP contribution in [-0.2, 0) is 21.2 Å². The summed E-state index contributed by atoms with van der Waals surface area (Å²) in [6.45, 7) is 3.33. The van der Waals surface area contributed by atoms with Gasteiger partial charge in [-0.25, -0.2) is 13.8 Å². The van der Waals surface area contributed by atoms with Crippen molar-refractivity contribution >= 4 is 38.9 Å². The Balaban J connectivity index is 1.62. The molecule has 0 saturated heterocycles. The second-order valence-electron chi connectivity index (χ2n) is 7.92. The number of nitrogens with one attached hydrogen (secondary N) is 2. The maximum Gasteiger partial charge on any atom is 0.260 e. The number of sulfonamides is 1. The molecule has 2 amide bonds. The van der Waals surface area contributed by atoms with Crippen LogP contribution in [0, 0.1) is 0 Å². The molecule has 0 saturated carbocycles. The number of hydrazone groups is 1. The number of benzene rings is 3. The minimum atomic E-state index is -3.67. The van der Waals surface area contributed by atoms with Gasteiger partial charge in [-0.2, -0.15) is 5.10 Å². The van der Waals surface area contributed by atoms with Crippen LogP contribution in [0.25, 0.3) is 0 Å². The van der Waals surface area contributed by atoms with E-state index in [1.54, 1.807) is 67.6 Å². The molecule has 3 rings (SSSR count). The lowest BCUT2D eigenvalue weighted by Crippen LogP contribution is -2.39. The van der Waals surface area contributed by atoms with E-state index in [1.807, 2.05) is 25.1 Å². The summed E-state index contributed by atoms with van der Waals surface area (Å²) in [7, 11) is -3.67. The maximum absolute atomic E-state index is 12.5. The molecule has 3 aromatic carbocycles. The fourth-order valence-corrected chi connectivity index (χ4v) is 4.12. The van der Waals surface area contributed by atoms with Gasteiger partial charge < -0.3 is 5.32 Å². The van der Waals surface area contributed by atoms with Crippen LogP contribution in [0.4, 0.5) is 11.4 Å². The highest BCUT2D eigenvalue weighted by atomic mass is 32.2. The van der Waals surface area contributed by atoms with Crippen molar-refractivity contribution in [1.29, 1.82) is 0 Å². The van der Waals surface area contributed by atoms with Crippen LogP contribution in [0.3, 0.4) is 0 Å². The molecule has 0 spiro atoms. The van der Waals surface area contributed by atoms with Gasteiger partial charge in [0.05, 0.1) is 17.7 Å². The van der Waals surface area contributed by atoms with Gasteiger partial charge in [0.1, 0.15) is 6.54 Å². The molecule has 0 aromatic heterocycles. The normalized spacial score (nSPS) is 11.6. The number of rotatable bonds is 9. The Morgan fingerprint density at radius 3 is 2.09 bits per heavy atom. The standard InChI is InChI=1S/C26H28N4O4S/c1-4-20-10-16-24(17-11-20)30(35(3,33)34)18-25(31)29-28-19(2)21-12-14-23(15-13-21)27-26(32)22-8-6-5-7-9-22/h5-17H,4,18H2,1-3H3,(H,27,32)(H,29,31)/b28-19-. The Morgan fingerprint density at radius 1 is 0.886 bits per heavy atom. The first-order chi connectivity index (χ1) is 16.7. The van der Waals surface area contributed by atoms with Crippen molar-refractivity contribution in [3.8, 4) is 0 Å². The molecule has 3 aromatic rings. The first-order valence-electron chi connectivity index (χ1n) is 11.0. The number of carbonyl (C=O) groups is 2. The third kappa shape index (κ3) is 7.25. The molecule has 9 heteroatoms. The van der Waals surface area contributed by atoms with Crippen molar-refractivity contribution < 1.29 is 18.0 Å². The predicted octanol–water partition coefficient (Wildman–Crippen LogP) is 3.81. The Labute approximate surface area is 205 Å². The van der Waals surface area contributed by atoms with Gasteiger partial charge in [-0.1, -0.05) is 49.4 Å². The highest BCUT2D eigenvalue weighted by Gasteiger charge is 2.20. The summed E-state index contributed by atoms with van der Waals surface area (Å²) in [5.74, 6) is -0.781. The molecule has 182 valence electrons. The molecule has 0 bridgehead atoms. The zero-order chi connectivity index (χ0) is 25.4. The average molecular weight is 493 g/mol. The van der Waals surface area contributed by atoms with Crippen molar-refractivity contribution in [2.75, 3.05) is 22.4 Å². The van der Waals surface area contributed by atoms with Crippen LogP contribution < -0.4 is 15.0 Å². The summed E-state index contributed by atoms with van der Waals surface area (Å²) in [5, 5.41) is 6.92. The zero-order valence-electron chi connectivity index (χ0n) is 19.9.